The number of imidazole rings is 1. The molecule has 3 rings (SSSR count). The molecular formula is C22H26N4O4. The van der Waals surface area contributed by atoms with Crippen LogP contribution in [-0.4, -0.2) is 34.1 Å². The van der Waals surface area contributed by atoms with E-state index < -0.39 is 0 Å². The van der Waals surface area contributed by atoms with Crippen LogP contribution in [0, 0.1) is 0 Å². The lowest BCUT2D eigenvalue weighted by Gasteiger charge is -2.09. The second kappa shape index (κ2) is 9.30. The van der Waals surface area contributed by atoms with Crippen LogP contribution in [0.3, 0.4) is 0 Å². The summed E-state index contributed by atoms with van der Waals surface area (Å²) >= 11 is 0. The number of carbonyl (C=O) groups is 2. The highest BCUT2D eigenvalue weighted by Gasteiger charge is 2.11. The minimum absolute atomic E-state index is 0.137. The van der Waals surface area contributed by atoms with Crippen molar-refractivity contribution in [3.05, 3.63) is 58.5 Å². The van der Waals surface area contributed by atoms with Crippen LogP contribution >= 0.6 is 0 Å². The van der Waals surface area contributed by atoms with Crippen molar-refractivity contribution >= 4 is 28.5 Å². The monoisotopic (exact) mass is 410 g/mol. The lowest BCUT2D eigenvalue weighted by Crippen LogP contribution is -2.32. The number of fused-ring (bicyclic) bond motifs is 1. The van der Waals surface area contributed by atoms with Crippen LogP contribution in [0.1, 0.15) is 30.1 Å². The van der Waals surface area contributed by atoms with Gasteiger partial charge in [0.05, 0.1) is 24.2 Å². The van der Waals surface area contributed by atoms with E-state index in [1.165, 1.54) is 4.57 Å². The minimum atomic E-state index is -0.358. The van der Waals surface area contributed by atoms with Crippen LogP contribution in [-0.2, 0) is 18.9 Å². The van der Waals surface area contributed by atoms with Gasteiger partial charge in [0, 0.05) is 25.3 Å². The highest BCUT2D eigenvalue weighted by molar-refractivity contribution is 6.00. The Labute approximate surface area is 174 Å². The number of nitrogens with one attached hydrogen (secondary N) is 2. The fourth-order valence-corrected chi connectivity index (χ4v) is 3.09. The molecule has 158 valence electrons. The molecule has 2 amide bonds. The second-order valence-corrected chi connectivity index (χ2v) is 7.06. The first-order valence-corrected chi connectivity index (χ1v) is 9.87. The first-order valence-electron chi connectivity index (χ1n) is 9.87. The molecule has 0 saturated carbocycles. The molecule has 2 aromatic carbocycles. The van der Waals surface area contributed by atoms with Gasteiger partial charge in [0.2, 0.25) is 5.91 Å². The third-order valence-corrected chi connectivity index (χ3v) is 4.85. The van der Waals surface area contributed by atoms with E-state index in [0.717, 1.165) is 18.4 Å². The molecule has 3 aromatic rings. The predicted molar refractivity (Wildman–Crippen MR) is 116 cm³/mol. The van der Waals surface area contributed by atoms with Gasteiger partial charge in [-0.1, -0.05) is 13.3 Å². The molecule has 1 aromatic heterocycles. The maximum atomic E-state index is 12.3. The van der Waals surface area contributed by atoms with E-state index in [-0.39, 0.29) is 24.0 Å². The third kappa shape index (κ3) is 4.71. The largest absolute Gasteiger partial charge is 0.494 e. The van der Waals surface area contributed by atoms with Crippen LogP contribution in [0.2, 0.25) is 0 Å². The standard InChI is InChI=1S/C22H26N4O4/c1-4-5-12-30-17-9-6-15(7-10-17)21(28)23-14-20(27)24-16-8-11-18-19(13-16)26(3)22(29)25(18)2/h6-11,13H,4-5,12,14H2,1-3H3,(H,23,28)(H,24,27). The number of unbranched alkanes of at least 4 members (excludes halogenated alkanes) is 1. The number of anilines is 1. The second-order valence-electron chi connectivity index (χ2n) is 7.06. The Hall–Kier alpha value is -3.55. The third-order valence-electron chi connectivity index (χ3n) is 4.85. The molecule has 0 spiro atoms. The van der Waals surface area contributed by atoms with Gasteiger partial charge in [-0.3, -0.25) is 18.7 Å². The molecule has 2 N–H and O–H groups in total. The number of amides is 2. The highest BCUT2D eigenvalue weighted by atomic mass is 16.5. The number of aromatic nitrogens is 2. The van der Waals surface area contributed by atoms with Gasteiger partial charge in [-0.15, -0.1) is 0 Å². The molecule has 0 radical (unpaired) electrons. The average Bonchev–Trinajstić information content (AvgIpc) is 2.96. The Bertz CT molecular complexity index is 1110. The SMILES string of the molecule is CCCCOc1ccc(C(=O)NCC(=O)Nc2ccc3c(c2)n(C)c(=O)n3C)cc1. The van der Waals surface area contributed by atoms with Gasteiger partial charge in [-0.05, 0) is 48.9 Å². The Morgan fingerprint density at radius 3 is 2.40 bits per heavy atom. The number of ether oxygens (including phenoxy) is 1. The molecule has 8 nitrogen and oxygen atoms in total. The van der Waals surface area contributed by atoms with E-state index in [2.05, 4.69) is 17.6 Å². The van der Waals surface area contributed by atoms with Crippen molar-refractivity contribution in [2.45, 2.75) is 19.8 Å². The molecule has 0 aliphatic heterocycles. The van der Waals surface area contributed by atoms with Crippen molar-refractivity contribution in [3.8, 4) is 5.75 Å². The maximum absolute atomic E-state index is 12.3. The van der Waals surface area contributed by atoms with Gasteiger partial charge in [-0.25, -0.2) is 4.79 Å². The van der Waals surface area contributed by atoms with Gasteiger partial charge in [-0.2, -0.15) is 0 Å². The molecule has 1 heterocycles. The molecule has 0 saturated heterocycles. The van der Waals surface area contributed by atoms with E-state index >= 15 is 0 Å². The zero-order chi connectivity index (χ0) is 21.7. The number of hydrogen-bond donors (Lipinski definition) is 2. The lowest BCUT2D eigenvalue weighted by atomic mass is 10.2. The Morgan fingerprint density at radius 1 is 1.00 bits per heavy atom. The fraction of sp³-hybridized carbons (Fsp3) is 0.318. The Kier molecular flexibility index (Phi) is 6.56. The van der Waals surface area contributed by atoms with Crippen LogP contribution in [0.25, 0.3) is 11.0 Å². The molecule has 0 bridgehead atoms. The topological polar surface area (TPSA) is 94.4 Å². The lowest BCUT2D eigenvalue weighted by molar-refractivity contribution is -0.115. The van der Waals surface area contributed by atoms with Gasteiger partial charge in [0.15, 0.2) is 0 Å². The van der Waals surface area contributed by atoms with Gasteiger partial charge in [0.1, 0.15) is 5.75 Å². The van der Waals surface area contributed by atoms with Crippen molar-refractivity contribution in [2.24, 2.45) is 14.1 Å². The van der Waals surface area contributed by atoms with E-state index in [9.17, 15) is 14.4 Å². The smallest absolute Gasteiger partial charge is 0.328 e. The molecule has 8 heteroatoms. The normalized spacial score (nSPS) is 10.8. The number of carbonyl (C=O) groups excluding carboxylic acids is 2. The molecule has 0 fully saturated rings. The first-order chi connectivity index (χ1) is 14.4. The maximum Gasteiger partial charge on any atom is 0.328 e. The highest BCUT2D eigenvalue weighted by Crippen LogP contribution is 2.17. The summed E-state index contributed by atoms with van der Waals surface area (Å²) in [5.41, 5.74) is 2.35. The van der Waals surface area contributed by atoms with Gasteiger partial charge >= 0.3 is 5.69 Å². The molecule has 0 aliphatic rings. The van der Waals surface area contributed by atoms with E-state index in [1.54, 1.807) is 61.1 Å². The summed E-state index contributed by atoms with van der Waals surface area (Å²) in [5.74, 6) is 0.0118. The zero-order valence-corrected chi connectivity index (χ0v) is 17.4. The van der Waals surface area contributed by atoms with Crippen molar-refractivity contribution < 1.29 is 14.3 Å². The van der Waals surface area contributed by atoms with Crippen LogP contribution in [0.15, 0.2) is 47.3 Å². The average molecular weight is 410 g/mol. The predicted octanol–water partition coefficient (Wildman–Crippen LogP) is 2.42. The minimum Gasteiger partial charge on any atom is -0.494 e. The Morgan fingerprint density at radius 2 is 1.70 bits per heavy atom. The number of nitrogens with zero attached hydrogens (tertiary/aromatic N) is 2. The number of benzene rings is 2. The number of rotatable bonds is 8. The summed E-state index contributed by atoms with van der Waals surface area (Å²) in [6, 6.07) is 12.0. The van der Waals surface area contributed by atoms with Gasteiger partial charge < -0.3 is 15.4 Å². The van der Waals surface area contributed by atoms with E-state index in [1.807, 2.05) is 0 Å². The van der Waals surface area contributed by atoms with Crippen molar-refractivity contribution in [1.82, 2.24) is 14.5 Å². The van der Waals surface area contributed by atoms with Crippen molar-refractivity contribution in [3.63, 3.8) is 0 Å². The first kappa shape index (κ1) is 21.2. The van der Waals surface area contributed by atoms with E-state index in [0.29, 0.717) is 29.1 Å². The number of aryl methyl sites for hydroxylation is 2. The van der Waals surface area contributed by atoms with Crippen LogP contribution in [0.5, 0.6) is 5.75 Å². The summed E-state index contributed by atoms with van der Waals surface area (Å²) in [6.45, 7) is 2.57. The van der Waals surface area contributed by atoms with E-state index in [4.69, 9.17) is 4.74 Å². The molecule has 0 aliphatic carbocycles. The summed E-state index contributed by atoms with van der Waals surface area (Å²) in [6.07, 6.45) is 2.03. The summed E-state index contributed by atoms with van der Waals surface area (Å²) < 4.78 is 8.63. The molecule has 0 unspecified atom stereocenters. The summed E-state index contributed by atoms with van der Waals surface area (Å²) in [4.78, 5) is 36.5. The molecular weight excluding hydrogens is 384 g/mol. The number of hydrogen-bond acceptors (Lipinski definition) is 4. The Balaban J connectivity index is 1.55. The van der Waals surface area contributed by atoms with Crippen LogP contribution in [0.4, 0.5) is 5.69 Å². The quantitative estimate of drug-likeness (QED) is 0.558. The summed E-state index contributed by atoms with van der Waals surface area (Å²) in [5, 5.41) is 5.34. The van der Waals surface area contributed by atoms with Gasteiger partial charge in [0.25, 0.3) is 5.91 Å². The van der Waals surface area contributed by atoms with Crippen molar-refractivity contribution in [2.75, 3.05) is 18.5 Å². The van der Waals surface area contributed by atoms with Crippen molar-refractivity contribution in [1.29, 1.82) is 0 Å². The fourth-order valence-electron chi connectivity index (χ4n) is 3.09. The van der Waals surface area contributed by atoms with Crippen LogP contribution < -0.4 is 21.1 Å². The zero-order valence-electron chi connectivity index (χ0n) is 17.4. The molecule has 30 heavy (non-hydrogen) atoms. The summed E-state index contributed by atoms with van der Waals surface area (Å²) in [7, 11) is 3.37. The molecule has 0 atom stereocenters.